The molecule has 2 rings (SSSR count). The summed E-state index contributed by atoms with van der Waals surface area (Å²) in [5.41, 5.74) is 6.82. The van der Waals surface area contributed by atoms with Crippen molar-refractivity contribution in [3.8, 4) is 22.8 Å². The van der Waals surface area contributed by atoms with Crippen LogP contribution in [-0.4, -0.2) is 17.4 Å². The van der Waals surface area contributed by atoms with Gasteiger partial charge in [0.05, 0.1) is 12.7 Å². The van der Waals surface area contributed by atoms with Crippen LogP contribution >= 0.6 is 0 Å². The first-order valence-electron chi connectivity index (χ1n) is 4.72. The zero-order valence-corrected chi connectivity index (χ0v) is 9.02. The molecule has 0 aliphatic carbocycles. The number of hydrogen-bond donors (Lipinski definition) is 2. The highest BCUT2D eigenvalue weighted by molar-refractivity contribution is 5.70. The molecule has 0 saturated carbocycles. The van der Waals surface area contributed by atoms with Crippen molar-refractivity contribution in [1.82, 2.24) is 5.16 Å². The number of nitrogens with two attached hydrogens (primary N) is 1. The van der Waals surface area contributed by atoms with Gasteiger partial charge in [0, 0.05) is 6.07 Å². The van der Waals surface area contributed by atoms with E-state index in [1.54, 1.807) is 32.2 Å². The molecule has 0 fully saturated rings. The fourth-order valence-corrected chi connectivity index (χ4v) is 1.45. The van der Waals surface area contributed by atoms with Gasteiger partial charge in [-0.15, -0.1) is 0 Å². The lowest BCUT2D eigenvalue weighted by molar-refractivity contribution is 0.404. The second-order valence-corrected chi connectivity index (χ2v) is 3.46. The summed E-state index contributed by atoms with van der Waals surface area (Å²) in [6, 6.07) is 4.87. The summed E-state index contributed by atoms with van der Waals surface area (Å²) in [6.07, 6.45) is 0. The van der Waals surface area contributed by atoms with Gasteiger partial charge in [-0.25, -0.2) is 0 Å². The number of aromatic hydroxyl groups is 1. The van der Waals surface area contributed by atoms with Crippen LogP contribution in [0.2, 0.25) is 0 Å². The van der Waals surface area contributed by atoms with Crippen molar-refractivity contribution in [2.75, 3.05) is 12.8 Å². The maximum absolute atomic E-state index is 9.64. The van der Waals surface area contributed by atoms with Crippen molar-refractivity contribution in [1.29, 1.82) is 0 Å². The third-order valence-corrected chi connectivity index (χ3v) is 2.31. The Hall–Kier alpha value is -2.17. The number of phenols is 1. The van der Waals surface area contributed by atoms with Gasteiger partial charge in [-0.1, -0.05) is 5.16 Å². The van der Waals surface area contributed by atoms with E-state index in [9.17, 15) is 5.11 Å². The summed E-state index contributed by atoms with van der Waals surface area (Å²) in [5.74, 6) is 1.53. The number of rotatable bonds is 2. The largest absolute Gasteiger partial charge is 0.508 e. The van der Waals surface area contributed by atoms with Crippen molar-refractivity contribution in [3.63, 3.8) is 0 Å². The lowest BCUT2D eigenvalue weighted by atomic mass is 10.1. The standard InChI is InChI=1S/C11H12N2O3/c1-6-3-9(15-2)7(4-8(6)14)10-5-11(12)13-16-10/h3-5,14H,1-2H3,(H2,12,13). The van der Waals surface area contributed by atoms with Crippen LogP contribution in [0.15, 0.2) is 22.7 Å². The molecule has 3 N–H and O–H groups in total. The average Bonchev–Trinajstić information content (AvgIpc) is 2.68. The molecule has 16 heavy (non-hydrogen) atoms. The van der Waals surface area contributed by atoms with Gasteiger partial charge in [0.1, 0.15) is 11.5 Å². The molecule has 0 amide bonds. The third kappa shape index (κ3) is 1.67. The van der Waals surface area contributed by atoms with E-state index in [4.69, 9.17) is 15.0 Å². The highest BCUT2D eigenvalue weighted by atomic mass is 16.5. The van der Waals surface area contributed by atoms with E-state index in [2.05, 4.69) is 5.16 Å². The van der Waals surface area contributed by atoms with Crippen LogP contribution in [0.3, 0.4) is 0 Å². The van der Waals surface area contributed by atoms with E-state index in [-0.39, 0.29) is 11.6 Å². The SMILES string of the molecule is COc1cc(C)c(O)cc1-c1cc(N)no1. The Morgan fingerprint density at radius 3 is 2.69 bits per heavy atom. The molecule has 5 heteroatoms. The fourth-order valence-electron chi connectivity index (χ4n) is 1.45. The number of methoxy groups -OCH3 is 1. The van der Waals surface area contributed by atoms with Gasteiger partial charge < -0.3 is 20.1 Å². The smallest absolute Gasteiger partial charge is 0.172 e. The molecule has 5 nitrogen and oxygen atoms in total. The highest BCUT2D eigenvalue weighted by Crippen LogP contribution is 2.35. The highest BCUT2D eigenvalue weighted by Gasteiger charge is 2.13. The molecule has 0 aliphatic heterocycles. The first-order valence-corrected chi connectivity index (χ1v) is 4.72. The van der Waals surface area contributed by atoms with Crippen LogP contribution < -0.4 is 10.5 Å². The van der Waals surface area contributed by atoms with Crippen molar-refractivity contribution in [3.05, 3.63) is 23.8 Å². The maximum atomic E-state index is 9.64. The molecule has 0 spiro atoms. The van der Waals surface area contributed by atoms with Gasteiger partial charge in [-0.05, 0) is 24.6 Å². The molecular formula is C11H12N2O3. The number of ether oxygens (including phenoxy) is 1. The van der Waals surface area contributed by atoms with Gasteiger partial charge in [-0.3, -0.25) is 0 Å². The number of nitrogen functional groups attached to an aromatic ring is 1. The number of hydrogen-bond acceptors (Lipinski definition) is 5. The third-order valence-electron chi connectivity index (χ3n) is 2.31. The minimum absolute atomic E-state index is 0.172. The van der Waals surface area contributed by atoms with Crippen molar-refractivity contribution < 1.29 is 14.4 Å². The van der Waals surface area contributed by atoms with Crippen molar-refractivity contribution in [2.24, 2.45) is 0 Å². The zero-order valence-electron chi connectivity index (χ0n) is 9.02. The Kier molecular flexibility index (Phi) is 2.44. The van der Waals surface area contributed by atoms with E-state index in [0.29, 0.717) is 17.1 Å². The molecule has 0 aliphatic rings. The molecule has 1 heterocycles. The van der Waals surface area contributed by atoms with E-state index in [1.807, 2.05) is 0 Å². The number of aryl methyl sites for hydroxylation is 1. The molecule has 0 saturated heterocycles. The van der Waals surface area contributed by atoms with Crippen LogP contribution in [0.5, 0.6) is 11.5 Å². The molecule has 0 radical (unpaired) electrons. The van der Waals surface area contributed by atoms with E-state index in [1.165, 1.54) is 0 Å². The number of benzene rings is 1. The van der Waals surface area contributed by atoms with Crippen LogP contribution in [0.1, 0.15) is 5.56 Å². The molecule has 0 atom stereocenters. The lowest BCUT2D eigenvalue weighted by Gasteiger charge is -2.08. The van der Waals surface area contributed by atoms with E-state index >= 15 is 0 Å². The minimum Gasteiger partial charge on any atom is -0.508 e. The first kappa shape index (κ1) is 10.4. The average molecular weight is 220 g/mol. The predicted molar refractivity (Wildman–Crippen MR) is 59.3 cm³/mol. The topological polar surface area (TPSA) is 81.5 Å². The van der Waals surface area contributed by atoms with Gasteiger partial charge in [0.15, 0.2) is 11.6 Å². The summed E-state index contributed by atoms with van der Waals surface area (Å²) >= 11 is 0. The zero-order chi connectivity index (χ0) is 11.7. The molecule has 0 bridgehead atoms. The maximum Gasteiger partial charge on any atom is 0.172 e. The Bertz CT molecular complexity index is 520. The fraction of sp³-hybridized carbons (Fsp3) is 0.182. The lowest BCUT2D eigenvalue weighted by Crippen LogP contribution is -1.88. The Balaban J connectivity index is 2.59. The Morgan fingerprint density at radius 2 is 2.12 bits per heavy atom. The summed E-state index contributed by atoms with van der Waals surface area (Å²) in [6.45, 7) is 1.79. The van der Waals surface area contributed by atoms with Gasteiger partial charge >= 0.3 is 0 Å². The van der Waals surface area contributed by atoms with Crippen LogP contribution in [0, 0.1) is 6.92 Å². The van der Waals surface area contributed by atoms with E-state index in [0.717, 1.165) is 5.56 Å². The summed E-state index contributed by atoms with van der Waals surface area (Å²) in [7, 11) is 1.55. The molecule has 2 aromatic rings. The second-order valence-electron chi connectivity index (χ2n) is 3.46. The normalized spacial score (nSPS) is 10.4. The number of anilines is 1. The summed E-state index contributed by atoms with van der Waals surface area (Å²) in [5, 5.41) is 13.2. The van der Waals surface area contributed by atoms with Crippen LogP contribution in [0.25, 0.3) is 11.3 Å². The van der Waals surface area contributed by atoms with Gasteiger partial charge in [-0.2, -0.15) is 0 Å². The second kappa shape index (κ2) is 3.77. The van der Waals surface area contributed by atoms with Crippen LogP contribution in [-0.2, 0) is 0 Å². The van der Waals surface area contributed by atoms with Crippen molar-refractivity contribution in [2.45, 2.75) is 6.92 Å². The van der Waals surface area contributed by atoms with Gasteiger partial charge in [0.25, 0.3) is 0 Å². The first-order chi connectivity index (χ1) is 7.61. The number of aromatic nitrogens is 1. The number of phenolic OH excluding ortho intramolecular Hbond substituents is 1. The summed E-state index contributed by atoms with van der Waals surface area (Å²) < 4.78 is 10.2. The quantitative estimate of drug-likeness (QED) is 0.808. The summed E-state index contributed by atoms with van der Waals surface area (Å²) in [4.78, 5) is 0. The van der Waals surface area contributed by atoms with Crippen LogP contribution in [0.4, 0.5) is 5.82 Å². The van der Waals surface area contributed by atoms with Crippen molar-refractivity contribution >= 4 is 5.82 Å². The molecular weight excluding hydrogens is 208 g/mol. The Labute approximate surface area is 92.4 Å². The monoisotopic (exact) mass is 220 g/mol. The number of nitrogens with zero attached hydrogens (tertiary/aromatic N) is 1. The molecule has 1 aromatic carbocycles. The molecule has 0 unspecified atom stereocenters. The van der Waals surface area contributed by atoms with Gasteiger partial charge in [0.2, 0.25) is 0 Å². The minimum atomic E-state index is 0.172. The molecule has 1 aromatic heterocycles. The molecule has 84 valence electrons. The van der Waals surface area contributed by atoms with E-state index < -0.39 is 0 Å². The Morgan fingerprint density at radius 1 is 1.38 bits per heavy atom. The predicted octanol–water partition coefficient (Wildman–Crippen LogP) is 1.95.